The zero-order valence-corrected chi connectivity index (χ0v) is 14.8. The van der Waals surface area contributed by atoms with E-state index in [0.29, 0.717) is 6.04 Å². The number of rotatable bonds is 9. The molecule has 130 valence electrons. The fraction of sp³-hybridized carbons (Fsp3) is 0.684. The van der Waals surface area contributed by atoms with Crippen LogP contribution in [0.1, 0.15) is 39.0 Å². The van der Waals surface area contributed by atoms with Gasteiger partial charge in [0.1, 0.15) is 0 Å². The van der Waals surface area contributed by atoms with E-state index in [1.165, 1.54) is 37.1 Å². The van der Waals surface area contributed by atoms with Crippen LogP contribution in [0, 0.1) is 5.92 Å². The normalized spacial score (nSPS) is 21.2. The Hall–Kier alpha value is -1.26. The highest BCUT2D eigenvalue weighted by molar-refractivity contribution is 5.55. The van der Waals surface area contributed by atoms with Crippen LogP contribution in [0.2, 0.25) is 0 Å². The molecule has 0 aliphatic heterocycles. The maximum Gasteiger partial charge on any atom is 0.0479 e. The Morgan fingerprint density at radius 1 is 1.17 bits per heavy atom. The molecule has 0 bridgehead atoms. The van der Waals surface area contributed by atoms with Crippen molar-refractivity contribution in [1.82, 2.24) is 0 Å². The second kappa shape index (κ2) is 9.78. The molecule has 1 fully saturated rings. The second-order valence-electron chi connectivity index (χ2n) is 6.63. The number of nitrogens with two attached hydrogens (primary N) is 1. The van der Waals surface area contributed by atoms with Crippen LogP contribution >= 0.6 is 0 Å². The molecule has 0 radical (unpaired) electrons. The minimum atomic E-state index is 0.434. The molecule has 1 aliphatic carbocycles. The quantitative estimate of drug-likeness (QED) is 0.684. The minimum Gasteiger partial charge on any atom is -0.385 e. The molecule has 0 amide bonds. The SMILES string of the molecule is CCN(CCCOC)c1ccc(NC[C@H]2CC[C@H](N)CC2)cc1. The molecule has 0 unspecified atom stereocenters. The molecule has 23 heavy (non-hydrogen) atoms. The van der Waals surface area contributed by atoms with Crippen LogP contribution in [0.15, 0.2) is 24.3 Å². The first-order valence-electron chi connectivity index (χ1n) is 9.06. The Kier molecular flexibility index (Phi) is 7.69. The van der Waals surface area contributed by atoms with E-state index in [0.717, 1.165) is 38.6 Å². The molecule has 0 aromatic heterocycles. The van der Waals surface area contributed by atoms with Gasteiger partial charge in [0, 0.05) is 50.8 Å². The van der Waals surface area contributed by atoms with Crippen molar-refractivity contribution in [2.75, 3.05) is 43.6 Å². The summed E-state index contributed by atoms with van der Waals surface area (Å²) in [5, 5.41) is 3.59. The van der Waals surface area contributed by atoms with Gasteiger partial charge in [0.05, 0.1) is 0 Å². The Morgan fingerprint density at radius 3 is 2.48 bits per heavy atom. The molecule has 0 spiro atoms. The third-order valence-corrected chi connectivity index (χ3v) is 4.88. The zero-order chi connectivity index (χ0) is 16.5. The lowest BCUT2D eigenvalue weighted by atomic mass is 9.86. The summed E-state index contributed by atoms with van der Waals surface area (Å²) >= 11 is 0. The van der Waals surface area contributed by atoms with Gasteiger partial charge in [-0.05, 0) is 69.2 Å². The first kappa shape index (κ1) is 18.1. The number of benzene rings is 1. The van der Waals surface area contributed by atoms with E-state index in [1.807, 2.05) is 0 Å². The fourth-order valence-corrected chi connectivity index (χ4v) is 3.31. The van der Waals surface area contributed by atoms with Gasteiger partial charge in [-0.3, -0.25) is 0 Å². The van der Waals surface area contributed by atoms with Crippen LogP contribution in [0.5, 0.6) is 0 Å². The standard InChI is InChI=1S/C19H33N3O/c1-3-22(13-4-14-23-2)19-11-9-18(10-12-19)21-15-16-5-7-17(20)8-6-16/h9-12,16-17,21H,3-8,13-15,20H2,1-2H3/t16-,17-. The number of nitrogens with zero attached hydrogens (tertiary/aromatic N) is 1. The van der Waals surface area contributed by atoms with Crippen molar-refractivity contribution in [2.24, 2.45) is 11.7 Å². The molecule has 0 saturated heterocycles. The summed E-state index contributed by atoms with van der Waals surface area (Å²) in [6.45, 7) is 6.16. The zero-order valence-electron chi connectivity index (χ0n) is 14.8. The molecule has 3 N–H and O–H groups in total. The Morgan fingerprint density at radius 2 is 1.87 bits per heavy atom. The van der Waals surface area contributed by atoms with Crippen molar-refractivity contribution in [3.8, 4) is 0 Å². The molecular formula is C19H33N3O. The molecule has 1 aliphatic rings. The summed E-state index contributed by atoms with van der Waals surface area (Å²) < 4.78 is 5.14. The molecule has 4 heteroatoms. The van der Waals surface area contributed by atoms with Crippen LogP contribution in [0.4, 0.5) is 11.4 Å². The summed E-state index contributed by atoms with van der Waals surface area (Å²) in [6.07, 6.45) is 5.94. The molecule has 0 atom stereocenters. The van der Waals surface area contributed by atoms with Crippen LogP contribution in [0.3, 0.4) is 0 Å². The maximum atomic E-state index is 5.97. The van der Waals surface area contributed by atoms with E-state index in [9.17, 15) is 0 Å². The molecule has 1 aromatic carbocycles. The largest absolute Gasteiger partial charge is 0.385 e. The van der Waals surface area contributed by atoms with E-state index in [1.54, 1.807) is 7.11 Å². The van der Waals surface area contributed by atoms with Gasteiger partial charge in [0.2, 0.25) is 0 Å². The fourth-order valence-electron chi connectivity index (χ4n) is 3.31. The summed E-state index contributed by atoms with van der Waals surface area (Å²) in [5.74, 6) is 0.774. The van der Waals surface area contributed by atoms with Crippen molar-refractivity contribution >= 4 is 11.4 Å². The lowest BCUT2D eigenvalue weighted by Gasteiger charge is -2.26. The van der Waals surface area contributed by atoms with Crippen LogP contribution in [0.25, 0.3) is 0 Å². The smallest absolute Gasteiger partial charge is 0.0479 e. The molecule has 1 aromatic rings. The topological polar surface area (TPSA) is 50.5 Å². The number of anilines is 2. The highest BCUT2D eigenvalue weighted by atomic mass is 16.5. The van der Waals surface area contributed by atoms with E-state index in [-0.39, 0.29) is 0 Å². The highest BCUT2D eigenvalue weighted by Crippen LogP contribution is 2.24. The van der Waals surface area contributed by atoms with Crippen molar-refractivity contribution in [3.63, 3.8) is 0 Å². The van der Waals surface area contributed by atoms with E-state index >= 15 is 0 Å². The third-order valence-electron chi connectivity index (χ3n) is 4.88. The maximum absolute atomic E-state index is 5.97. The summed E-state index contributed by atoms with van der Waals surface area (Å²) in [7, 11) is 1.76. The summed E-state index contributed by atoms with van der Waals surface area (Å²) in [5.41, 5.74) is 8.48. The van der Waals surface area contributed by atoms with Crippen molar-refractivity contribution in [1.29, 1.82) is 0 Å². The Balaban J connectivity index is 1.79. The molecule has 0 heterocycles. The number of nitrogens with one attached hydrogen (secondary N) is 1. The van der Waals surface area contributed by atoms with E-state index in [4.69, 9.17) is 10.5 Å². The molecular weight excluding hydrogens is 286 g/mol. The van der Waals surface area contributed by atoms with Crippen molar-refractivity contribution < 1.29 is 4.74 Å². The van der Waals surface area contributed by atoms with Gasteiger partial charge in [-0.15, -0.1) is 0 Å². The molecule has 2 rings (SSSR count). The van der Waals surface area contributed by atoms with Crippen molar-refractivity contribution in [2.45, 2.75) is 45.1 Å². The first-order valence-corrected chi connectivity index (χ1v) is 9.06. The summed E-state index contributed by atoms with van der Waals surface area (Å²) in [4.78, 5) is 2.39. The second-order valence-corrected chi connectivity index (χ2v) is 6.63. The Labute approximate surface area is 141 Å². The van der Waals surface area contributed by atoms with Gasteiger partial charge >= 0.3 is 0 Å². The molecule has 4 nitrogen and oxygen atoms in total. The van der Waals surface area contributed by atoms with E-state index < -0.39 is 0 Å². The predicted molar refractivity (Wildman–Crippen MR) is 99.2 cm³/mol. The van der Waals surface area contributed by atoms with Crippen LogP contribution < -0.4 is 16.0 Å². The van der Waals surface area contributed by atoms with Gasteiger partial charge in [0.25, 0.3) is 0 Å². The van der Waals surface area contributed by atoms with Crippen molar-refractivity contribution in [3.05, 3.63) is 24.3 Å². The lowest BCUT2D eigenvalue weighted by Crippen LogP contribution is -2.29. The van der Waals surface area contributed by atoms with E-state index in [2.05, 4.69) is 41.4 Å². The lowest BCUT2D eigenvalue weighted by molar-refractivity contribution is 0.196. The number of methoxy groups -OCH3 is 1. The van der Waals surface area contributed by atoms with Crippen LogP contribution in [-0.4, -0.2) is 39.4 Å². The number of ether oxygens (including phenoxy) is 1. The van der Waals surface area contributed by atoms with Gasteiger partial charge in [-0.1, -0.05) is 0 Å². The van der Waals surface area contributed by atoms with Gasteiger partial charge < -0.3 is 20.7 Å². The Bertz CT molecular complexity index is 427. The third kappa shape index (κ3) is 6.04. The van der Waals surface area contributed by atoms with Gasteiger partial charge in [-0.25, -0.2) is 0 Å². The molecule has 1 saturated carbocycles. The average Bonchev–Trinajstić information content (AvgIpc) is 2.59. The first-order chi connectivity index (χ1) is 11.2. The monoisotopic (exact) mass is 319 g/mol. The average molecular weight is 319 g/mol. The number of hydrogen-bond donors (Lipinski definition) is 2. The predicted octanol–water partition coefficient (Wildman–Crippen LogP) is 3.48. The number of hydrogen-bond acceptors (Lipinski definition) is 4. The summed E-state index contributed by atoms with van der Waals surface area (Å²) in [6, 6.07) is 9.26. The highest BCUT2D eigenvalue weighted by Gasteiger charge is 2.18. The van der Waals surface area contributed by atoms with Gasteiger partial charge in [0.15, 0.2) is 0 Å². The van der Waals surface area contributed by atoms with Crippen LogP contribution in [-0.2, 0) is 4.74 Å². The minimum absolute atomic E-state index is 0.434. The van der Waals surface area contributed by atoms with Gasteiger partial charge in [-0.2, -0.15) is 0 Å².